The molecule has 0 heterocycles. The first-order valence-electron chi connectivity index (χ1n) is 8.33. The molecule has 1 aromatic rings. The molecule has 3 N–H and O–H groups in total. The van der Waals surface area contributed by atoms with Gasteiger partial charge in [0.2, 0.25) is 5.91 Å². The summed E-state index contributed by atoms with van der Waals surface area (Å²) in [5.74, 6) is -1.15. The number of carbonyl (C=O) groups is 3. The smallest absolute Gasteiger partial charge is 0.408 e. The second-order valence-corrected chi connectivity index (χ2v) is 6.16. The van der Waals surface area contributed by atoms with Crippen LogP contribution in [0.4, 0.5) is 4.79 Å². The molecule has 0 unspecified atom stereocenters. The van der Waals surface area contributed by atoms with Crippen LogP contribution in [0.2, 0.25) is 0 Å². The third-order valence-corrected chi connectivity index (χ3v) is 3.51. The van der Waals surface area contributed by atoms with Crippen LogP contribution in [0.1, 0.15) is 25.8 Å². The van der Waals surface area contributed by atoms with Gasteiger partial charge < -0.3 is 25.2 Å². The van der Waals surface area contributed by atoms with Gasteiger partial charge in [-0.15, -0.1) is 0 Å². The molecule has 0 fully saturated rings. The molecule has 8 nitrogen and oxygen atoms in total. The van der Waals surface area contributed by atoms with Crippen molar-refractivity contribution in [2.45, 2.75) is 39.0 Å². The van der Waals surface area contributed by atoms with Gasteiger partial charge in [-0.3, -0.25) is 4.79 Å². The Labute approximate surface area is 152 Å². The van der Waals surface area contributed by atoms with Crippen molar-refractivity contribution in [3.05, 3.63) is 35.9 Å². The van der Waals surface area contributed by atoms with Crippen LogP contribution >= 0.6 is 0 Å². The molecule has 8 heteroatoms. The van der Waals surface area contributed by atoms with Crippen molar-refractivity contribution in [3.63, 3.8) is 0 Å². The van der Waals surface area contributed by atoms with Gasteiger partial charge in [-0.1, -0.05) is 44.2 Å². The molecule has 0 aliphatic heterocycles. The first kappa shape index (κ1) is 21.4. The van der Waals surface area contributed by atoms with E-state index < -0.39 is 36.7 Å². The quantitative estimate of drug-likeness (QED) is 0.561. The highest BCUT2D eigenvalue weighted by molar-refractivity contribution is 5.89. The highest BCUT2D eigenvalue weighted by Gasteiger charge is 2.27. The number of aliphatic hydroxyl groups is 1. The molecule has 0 spiro atoms. The van der Waals surface area contributed by atoms with E-state index in [0.29, 0.717) is 6.42 Å². The lowest BCUT2D eigenvalue weighted by atomic mass is 10.0. The van der Waals surface area contributed by atoms with Crippen molar-refractivity contribution in [3.8, 4) is 0 Å². The Balaban J connectivity index is 2.57. The summed E-state index contributed by atoms with van der Waals surface area (Å²) in [6, 6.07) is 6.93. The van der Waals surface area contributed by atoms with Crippen molar-refractivity contribution >= 4 is 18.0 Å². The van der Waals surface area contributed by atoms with Gasteiger partial charge in [-0.2, -0.15) is 0 Å². The maximum atomic E-state index is 12.2. The highest BCUT2D eigenvalue weighted by Crippen LogP contribution is 2.07. The lowest BCUT2D eigenvalue weighted by molar-refractivity contribution is -0.145. The zero-order chi connectivity index (χ0) is 19.5. The fourth-order valence-corrected chi connectivity index (χ4v) is 2.20. The monoisotopic (exact) mass is 366 g/mol. The van der Waals surface area contributed by atoms with Gasteiger partial charge in [-0.05, 0) is 17.9 Å². The van der Waals surface area contributed by atoms with Crippen molar-refractivity contribution in [1.29, 1.82) is 0 Å². The second-order valence-electron chi connectivity index (χ2n) is 6.16. The van der Waals surface area contributed by atoms with Gasteiger partial charge in [-0.25, -0.2) is 9.59 Å². The highest BCUT2D eigenvalue weighted by atomic mass is 16.5. The van der Waals surface area contributed by atoms with Gasteiger partial charge in [0.25, 0.3) is 0 Å². The largest absolute Gasteiger partial charge is 0.467 e. The van der Waals surface area contributed by atoms with E-state index in [-0.39, 0.29) is 12.5 Å². The Morgan fingerprint density at radius 3 is 2.27 bits per heavy atom. The predicted octanol–water partition coefficient (Wildman–Crippen LogP) is 0.978. The van der Waals surface area contributed by atoms with Crippen LogP contribution in [0.15, 0.2) is 30.3 Å². The van der Waals surface area contributed by atoms with E-state index in [1.165, 1.54) is 7.11 Å². The van der Waals surface area contributed by atoms with Crippen LogP contribution < -0.4 is 10.6 Å². The molecule has 0 aliphatic carbocycles. The minimum atomic E-state index is -1.24. The van der Waals surface area contributed by atoms with Gasteiger partial charge in [0.05, 0.1) is 13.7 Å². The first-order chi connectivity index (χ1) is 12.4. The van der Waals surface area contributed by atoms with Crippen LogP contribution in [-0.4, -0.2) is 48.9 Å². The number of nitrogens with one attached hydrogen (secondary N) is 2. The van der Waals surface area contributed by atoms with Gasteiger partial charge in [0.1, 0.15) is 18.7 Å². The summed E-state index contributed by atoms with van der Waals surface area (Å²) in [6.45, 7) is 3.18. The number of benzene rings is 1. The molecule has 0 saturated carbocycles. The number of hydrogen-bond donors (Lipinski definition) is 3. The SMILES string of the molecule is COC(=O)[C@H](CC(C)C)NC(=O)[C@H](CO)NC(=O)OCc1ccccc1. The standard InChI is InChI=1S/C18H26N2O6/c1-12(2)9-14(17(23)25-3)19-16(22)15(10-21)20-18(24)26-11-13-7-5-4-6-8-13/h4-8,12,14-15,21H,9-11H2,1-3H3,(H,19,22)(H,20,24)/t14-,15-/m0/s1. The molecular weight excluding hydrogens is 340 g/mol. The predicted molar refractivity (Wildman–Crippen MR) is 94.0 cm³/mol. The van der Waals surface area contributed by atoms with Gasteiger partial charge in [0.15, 0.2) is 0 Å². The molecule has 2 atom stereocenters. The molecule has 0 saturated heterocycles. The number of alkyl carbamates (subject to hydrolysis) is 1. The molecule has 2 amide bonds. The molecule has 0 aromatic heterocycles. The maximum Gasteiger partial charge on any atom is 0.408 e. The number of carbonyl (C=O) groups excluding carboxylic acids is 3. The van der Waals surface area contributed by atoms with E-state index in [1.807, 2.05) is 32.0 Å². The molecule has 0 bridgehead atoms. The van der Waals surface area contributed by atoms with E-state index in [9.17, 15) is 19.5 Å². The number of rotatable bonds is 9. The number of esters is 1. The van der Waals surface area contributed by atoms with E-state index in [4.69, 9.17) is 4.74 Å². The maximum absolute atomic E-state index is 12.2. The van der Waals surface area contributed by atoms with Crippen molar-refractivity contribution in [2.24, 2.45) is 5.92 Å². The fourth-order valence-electron chi connectivity index (χ4n) is 2.20. The lowest BCUT2D eigenvalue weighted by Gasteiger charge is -2.22. The van der Waals surface area contributed by atoms with Gasteiger partial charge in [0, 0.05) is 0 Å². The topological polar surface area (TPSA) is 114 Å². The molecule has 0 aliphatic rings. The molecule has 144 valence electrons. The normalized spacial score (nSPS) is 12.8. The van der Waals surface area contributed by atoms with Gasteiger partial charge >= 0.3 is 12.1 Å². The average molecular weight is 366 g/mol. The Kier molecular flexibility index (Phi) is 9.14. The Bertz CT molecular complexity index is 591. The molecule has 1 aromatic carbocycles. The third kappa shape index (κ3) is 7.52. The summed E-state index contributed by atoms with van der Waals surface area (Å²) in [5.41, 5.74) is 0.787. The Morgan fingerprint density at radius 1 is 1.08 bits per heavy atom. The summed E-state index contributed by atoms with van der Waals surface area (Å²) < 4.78 is 9.68. The number of hydrogen-bond acceptors (Lipinski definition) is 6. The lowest BCUT2D eigenvalue weighted by Crippen LogP contribution is -2.53. The zero-order valence-electron chi connectivity index (χ0n) is 15.2. The van der Waals surface area contributed by atoms with Crippen LogP contribution in [-0.2, 0) is 25.7 Å². The van der Waals surface area contributed by atoms with E-state index in [1.54, 1.807) is 12.1 Å². The summed E-state index contributed by atoms with van der Waals surface area (Å²) in [4.78, 5) is 35.8. The molecule has 1 rings (SSSR count). The third-order valence-electron chi connectivity index (χ3n) is 3.51. The van der Waals surface area contributed by atoms with Crippen LogP contribution in [0.3, 0.4) is 0 Å². The van der Waals surface area contributed by atoms with E-state index >= 15 is 0 Å². The fraction of sp³-hybridized carbons (Fsp3) is 0.500. The second kappa shape index (κ2) is 11.1. The summed E-state index contributed by atoms with van der Waals surface area (Å²) in [5, 5.41) is 14.1. The summed E-state index contributed by atoms with van der Waals surface area (Å²) in [6.07, 6.45) is -0.476. The minimum Gasteiger partial charge on any atom is -0.467 e. The van der Waals surface area contributed by atoms with Crippen LogP contribution in [0.5, 0.6) is 0 Å². The molecular formula is C18H26N2O6. The molecule has 26 heavy (non-hydrogen) atoms. The Morgan fingerprint density at radius 2 is 1.73 bits per heavy atom. The molecule has 0 radical (unpaired) electrons. The van der Waals surface area contributed by atoms with Crippen LogP contribution in [0.25, 0.3) is 0 Å². The van der Waals surface area contributed by atoms with Crippen molar-refractivity contribution in [2.75, 3.05) is 13.7 Å². The average Bonchev–Trinajstić information content (AvgIpc) is 2.63. The number of methoxy groups -OCH3 is 1. The van der Waals surface area contributed by atoms with E-state index in [2.05, 4.69) is 15.4 Å². The number of aliphatic hydroxyl groups excluding tert-OH is 1. The summed E-state index contributed by atoms with van der Waals surface area (Å²) in [7, 11) is 1.23. The van der Waals surface area contributed by atoms with Crippen molar-refractivity contribution < 1.29 is 29.0 Å². The van der Waals surface area contributed by atoms with Crippen LogP contribution in [0, 0.1) is 5.92 Å². The number of amides is 2. The van der Waals surface area contributed by atoms with Crippen molar-refractivity contribution in [1.82, 2.24) is 10.6 Å². The number of ether oxygens (including phenoxy) is 2. The summed E-state index contributed by atoms with van der Waals surface area (Å²) >= 11 is 0. The first-order valence-corrected chi connectivity index (χ1v) is 8.33. The minimum absolute atomic E-state index is 0.0323. The zero-order valence-corrected chi connectivity index (χ0v) is 15.2. The Hall–Kier alpha value is -2.61. The van der Waals surface area contributed by atoms with E-state index in [0.717, 1.165) is 5.56 Å².